The van der Waals surface area contributed by atoms with E-state index in [0.29, 0.717) is 0 Å². The molecule has 11 atom stereocenters. The minimum absolute atomic E-state index is 0.0301. The molecule has 204 valence electrons. The molecule has 5 N–H and O–H groups in total. The molecule has 0 aromatic heterocycles. The number of rotatable bonds is 7. The lowest BCUT2D eigenvalue weighted by molar-refractivity contribution is -0.393. The van der Waals surface area contributed by atoms with Crippen molar-refractivity contribution in [2.45, 2.75) is 72.9 Å². The monoisotopic (exact) mass is 544 g/mol. The summed E-state index contributed by atoms with van der Waals surface area (Å²) in [4.78, 5) is 10.8. The lowest BCUT2D eigenvalue weighted by Crippen LogP contribution is -2.81. The summed E-state index contributed by atoms with van der Waals surface area (Å²) in [7, 11) is -4.76. The van der Waals surface area contributed by atoms with E-state index in [0.717, 1.165) is 0 Å². The Morgan fingerprint density at radius 1 is 1.11 bits per heavy atom. The molecule has 37 heavy (non-hydrogen) atoms. The molecule has 8 rings (SSSR count). The van der Waals surface area contributed by atoms with Crippen molar-refractivity contribution in [3.8, 4) is 0 Å². The number of aliphatic hydroxyl groups excluding tert-OH is 4. The molecule has 7 aliphatic rings. The zero-order valence-electron chi connectivity index (χ0n) is 19.7. The summed E-state index contributed by atoms with van der Waals surface area (Å²) in [5, 5.41) is 40.6. The average Bonchev–Trinajstić information content (AvgIpc) is 3.07. The van der Waals surface area contributed by atoms with Gasteiger partial charge in [0.25, 0.3) is 10.1 Å². The molecule has 0 radical (unpaired) electrons. The normalized spacial score (nSPS) is 49.6. The van der Waals surface area contributed by atoms with Crippen molar-refractivity contribution in [2.24, 2.45) is 11.3 Å². The highest BCUT2D eigenvalue weighted by Gasteiger charge is 2.96. The van der Waals surface area contributed by atoms with Crippen molar-refractivity contribution in [3.05, 3.63) is 35.9 Å². The fraction of sp³-hybridized carbons (Fsp3) is 0.696. The first-order valence-corrected chi connectivity index (χ1v) is 13.3. The van der Waals surface area contributed by atoms with Crippen molar-refractivity contribution < 1.29 is 61.9 Å². The lowest BCUT2D eigenvalue weighted by Gasteiger charge is -2.68. The fourth-order valence-electron chi connectivity index (χ4n) is 7.17. The Balaban J connectivity index is 1.38. The van der Waals surface area contributed by atoms with Crippen LogP contribution in [0.4, 0.5) is 0 Å². The summed E-state index contributed by atoms with van der Waals surface area (Å²) >= 11 is 0. The van der Waals surface area contributed by atoms with E-state index in [1.165, 1.54) is 0 Å². The van der Waals surface area contributed by atoms with E-state index >= 15 is 0 Å². The zero-order valence-corrected chi connectivity index (χ0v) is 20.5. The van der Waals surface area contributed by atoms with Gasteiger partial charge in [-0.25, -0.2) is 4.79 Å². The number of hydrogen-bond donors (Lipinski definition) is 5. The van der Waals surface area contributed by atoms with Crippen LogP contribution in [-0.4, -0.2) is 106 Å². The van der Waals surface area contributed by atoms with Gasteiger partial charge in [0.05, 0.1) is 17.6 Å². The highest BCUT2D eigenvalue weighted by atomic mass is 32.2. The number of esters is 1. The van der Waals surface area contributed by atoms with Crippen molar-refractivity contribution in [2.75, 3.05) is 13.2 Å². The number of ether oxygens (including phenoxy) is 5. The summed E-state index contributed by atoms with van der Waals surface area (Å²) in [5.41, 5.74) is -4.01. The van der Waals surface area contributed by atoms with E-state index in [-0.39, 0.29) is 18.4 Å². The van der Waals surface area contributed by atoms with Crippen LogP contribution in [0.15, 0.2) is 30.3 Å². The van der Waals surface area contributed by atoms with Crippen LogP contribution in [0.25, 0.3) is 0 Å². The van der Waals surface area contributed by atoms with Crippen LogP contribution < -0.4 is 0 Å². The minimum atomic E-state index is -4.76. The molecule has 4 aliphatic heterocycles. The third kappa shape index (κ3) is 2.99. The van der Waals surface area contributed by atoms with Gasteiger partial charge in [-0.15, -0.1) is 0 Å². The van der Waals surface area contributed by atoms with Crippen LogP contribution in [0, 0.1) is 11.3 Å². The van der Waals surface area contributed by atoms with Crippen molar-refractivity contribution in [3.63, 3.8) is 0 Å². The van der Waals surface area contributed by atoms with Crippen molar-refractivity contribution >= 4 is 16.1 Å². The van der Waals surface area contributed by atoms with Crippen LogP contribution >= 0.6 is 0 Å². The third-order valence-corrected chi connectivity index (χ3v) is 10.4. The Kier molecular flexibility index (Phi) is 5.46. The molecule has 1 aromatic carbocycles. The van der Waals surface area contributed by atoms with Gasteiger partial charge in [-0.2, -0.15) is 8.42 Å². The standard InChI is InChI=1S/C23H28O13S/c1-20-9-22(37(29,30)31)13-7-23(20,34-18-16(27)15(26)14(25)12(8-24)33-18)21(13,19(35-20)36-22)10-32-17(28)11-5-3-2-4-6-11/h2-6,12-16,18-19,24-27H,7-10H2,1H3,(H,29,30,31)/t12-,13-,14-,15+,16-,18+,19-,20+,21-,22+,23-/m1/s1. The second-order valence-corrected chi connectivity index (χ2v) is 12.3. The van der Waals surface area contributed by atoms with E-state index in [4.69, 9.17) is 23.7 Å². The molecule has 0 spiro atoms. The molecule has 0 unspecified atom stereocenters. The van der Waals surface area contributed by atoms with Crippen LogP contribution in [-0.2, 0) is 33.8 Å². The maximum Gasteiger partial charge on any atom is 0.338 e. The van der Waals surface area contributed by atoms with Gasteiger partial charge < -0.3 is 44.1 Å². The molecular weight excluding hydrogens is 516 g/mol. The van der Waals surface area contributed by atoms with E-state index in [1.54, 1.807) is 37.3 Å². The highest BCUT2D eigenvalue weighted by Crippen LogP contribution is 2.83. The number of benzene rings is 1. The zero-order chi connectivity index (χ0) is 26.6. The third-order valence-electron chi connectivity index (χ3n) is 8.98. The van der Waals surface area contributed by atoms with Crippen molar-refractivity contribution in [1.82, 2.24) is 0 Å². The largest absolute Gasteiger partial charge is 0.461 e. The van der Waals surface area contributed by atoms with Gasteiger partial charge in [0.2, 0.25) is 4.93 Å². The second-order valence-electron chi connectivity index (χ2n) is 10.6. The molecular formula is C23H28O13S. The smallest absolute Gasteiger partial charge is 0.338 e. The van der Waals surface area contributed by atoms with Crippen molar-refractivity contribution in [1.29, 1.82) is 0 Å². The van der Waals surface area contributed by atoms with E-state index in [1.807, 2.05) is 0 Å². The van der Waals surface area contributed by atoms with Gasteiger partial charge in [0.1, 0.15) is 42.2 Å². The molecule has 3 saturated carbocycles. The summed E-state index contributed by atoms with van der Waals surface area (Å²) in [5.74, 6) is -1.58. The lowest BCUT2D eigenvalue weighted by atomic mass is 9.41. The molecule has 7 fully saturated rings. The van der Waals surface area contributed by atoms with Gasteiger partial charge in [0, 0.05) is 12.3 Å². The van der Waals surface area contributed by atoms with E-state index in [9.17, 15) is 38.2 Å². The molecule has 1 aromatic rings. The SMILES string of the molecule is C[C@@]12C[C@@]3(S(=O)(=O)O)O[C@@H](O1)[C@@]1(COC(=O)c4ccccc4)[C@H]3C[C@]12O[C@@H]1O[C@H](CO)[C@@H](O)[C@H](O)[C@H]1O. The topological polar surface area (TPSA) is 199 Å². The van der Waals surface area contributed by atoms with Gasteiger partial charge in [-0.1, -0.05) is 18.2 Å². The number of aliphatic hydroxyl groups is 4. The Hall–Kier alpha value is -1.72. The van der Waals surface area contributed by atoms with Crippen LogP contribution in [0.2, 0.25) is 0 Å². The molecule has 3 aliphatic carbocycles. The molecule has 0 amide bonds. The predicted molar refractivity (Wildman–Crippen MR) is 118 cm³/mol. The molecule has 4 heterocycles. The van der Waals surface area contributed by atoms with Gasteiger partial charge >= 0.3 is 5.97 Å². The second kappa shape index (κ2) is 7.91. The first-order chi connectivity index (χ1) is 17.4. The molecule has 4 saturated heterocycles. The fourth-order valence-corrected chi connectivity index (χ4v) is 8.49. The molecule has 6 bridgehead atoms. The van der Waals surface area contributed by atoms with Gasteiger partial charge in [-0.05, 0) is 25.5 Å². The van der Waals surface area contributed by atoms with Gasteiger partial charge in [-0.3, -0.25) is 4.55 Å². The number of carbonyl (C=O) groups is 1. The Morgan fingerprint density at radius 3 is 2.46 bits per heavy atom. The molecule has 13 nitrogen and oxygen atoms in total. The average molecular weight is 545 g/mol. The predicted octanol–water partition coefficient (Wildman–Crippen LogP) is -1.46. The van der Waals surface area contributed by atoms with E-state index < -0.39 is 93.8 Å². The Morgan fingerprint density at radius 2 is 1.81 bits per heavy atom. The highest BCUT2D eigenvalue weighted by molar-refractivity contribution is 7.87. The molecule has 14 heteroatoms. The van der Waals surface area contributed by atoms with Crippen LogP contribution in [0.5, 0.6) is 0 Å². The Labute approximate surface area is 211 Å². The summed E-state index contributed by atoms with van der Waals surface area (Å²) in [6, 6.07) is 8.13. The van der Waals surface area contributed by atoms with Crippen LogP contribution in [0.3, 0.4) is 0 Å². The first kappa shape index (κ1) is 25.6. The summed E-state index contributed by atoms with van der Waals surface area (Å²) in [6.45, 7) is 0.495. The summed E-state index contributed by atoms with van der Waals surface area (Å²) in [6.07, 6.45) is -9.44. The van der Waals surface area contributed by atoms with E-state index in [2.05, 4.69) is 0 Å². The van der Waals surface area contributed by atoms with Gasteiger partial charge in [0.15, 0.2) is 12.6 Å². The maximum atomic E-state index is 12.8. The maximum absolute atomic E-state index is 12.8. The first-order valence-electron chi connectivity index (χ1n) is 11.9. The quantitative estimate of drug-likeness (QED) is 0.197. The number of hydrogen-bond acceptors (Lipinski definition) is 12. The summed E-state index contributed by atoms with van der Waals surface area (Å²) < 4.78 is 64.8. The minimum Gasteiger partial charge on any atom is -0.461 e. The number of carbonyl (C=O) groups excluding carboxylic acids is 1. The Bertz CT molecular complexity index is 1210. The van der Waals surface area contributed by atoms with Crippen LogP contribution in [0.1, 0.15) is 30.1 Å².